The van der Waals surface area contributed by atoms with Crippen LogP contribution in [0.4, 0.5) is 5.95 Å². The van der Waals surface area contributed by atoms with Gasteiger partial charge in [-0.3, -0.25) is 18.9 Å². The molecule has 194 valence electrons. The number of nitrogens with one attached hydrogen (secondary N) is 3. The molecule has 2 atom stereocenters. The Bertz CT molecular complexity index is 1460. The zero-order valence-electron chi connectivity index (χ0n) is 21.0. The number of aromatic nitrogens is 4. The maximum Gasteiger partial charge on any atom is 0.263 e. The van der Waals surface area contributed by atoms with Crippen molar-refractivity contribution in [3.8, 4) is 0 Å². The molecule has 3 aromatic rings. The third kappa shape index (κ3) is 4.90. The van der Waals surface area contributed by atoms with Crippen molar-refractivity contribution >= 4 is 26.9 Å². The summed E-state index contributed by atoms with van der Waals surface area (Å²) in [4.78, 5) is 23.9. The van der Waals surface area contributed by atoms with Crippen molar-refractivity contribution in [2.24, 2.45) is 7.05 Å². The van der Waals surface area contributed by atoms with Crippen molar-refractivity contribution in [3.05, 3.63) is 46.0 Å². The van der Waals surface area contributed by atoms with E-state index in [0.29, 0.717) is 5.52 Å². The minimum Gasteiger partial charge on any atom is -0.314 e. The number of hydrogen-bond donors (Lipinski definition) is 3. The van der Waals surface area contributed by atoms with E-state index in [0.717, 1.165) is 43.4 Å². The molecule has 1 saturated carbocycles. The van der Waals surface area contributed by atoms with Crippen LogP contribution in [0.5, 0.6) is 0 Å². The van der Waals surface area contributed by atoms with Gasteiger partial charge in [-0.15, -0.1) is 0 Å². The van der Waals surface area contributed by atoms with Gasteiger partial charge in [0.15, 0.2) is 0 Å². The van der Waals surface area contributed by atoms with Crippen LogP contribution in [0.1, 0.15) is 56.6 Å². The second-order valence-electron chi connectivity index (χ2n) is 10.3. The van der Waals surface area contributed by atoms with Crippen LogP contribution in [0.25, 0.3) is 10.9 Å². The molecule has 2 fully saturated rings. The molecule has 1 aliphatic carbocycles. The maximum absolute atomic E-state index is 13.9. The van der Waals surface area contributed by atoms with Crippen LogP contribution >= 0.6 is 0 Å². The Morgan fingerprint density at radius 1 is 1.31 bits per heavy atom. The van der Waals surface area contributed by atoms with Gasteiger partial charge in [0.05, 0.1) is 35.6 Å². The molecule has 2 aliphatic rings. The molecule has 11 nitrogen and oxygen atoms in total. The molecule has 36 heavy (non-hydrogen) atoms. The minimum absolute atomic E-state index is 0.0619. The third-order valence-corrected chi connectivity index (χ3v) is 8.73. The van der Waals surface area contributed by atoms with Crippen molar-refractivity contribution in [3.63, 3.8) is 0 Å². The van der Waals surface area contributed by atoms with Gasteiger partial charge in [0.25, 0.3) is 5.56 Å². The van der Waals surface area contributed by atoms with Gasteiger partial charge in [0, 0.05) is 30.4 Å². The Hall–Kier alpha value is -2.80. The summed E-state index contributed by atoms with van der Waals surface area (Å²) in [5, 5.41) is 7.89. The van der Waals surface area contributed by atoms with Gasteiger partial charge in [-0.2, -0.15) is 5.10 Å². The minimum atomic E-state index is -3.82. The fourth-order valence-electron chi connectivity index (χ4n) is 4.93. The number of sulfonamides is 1. The maximum atomic E-state index is 13.9. The molecule has 0 radical (unpaired) electrons. The lowest BCUT2D eigenvalue weighted by molar-refractivity contribution is 0.264. The summed E-state index contributed by atoms with van der Waals surface area (Å²) >= 11 is 0. The van der Waals surface area contributed by atoms with E-state index in [1.165, 1.54) is 17.7 Å². The molecular weight excluding hydrogens is 482 g/mol. The highest BCUT2D eigenvalue weighted by atomic mass is 32.2. The lowest BCUT2D eigenvalue weighted by atomic mass is 9.86. The Morgan fingerprint density at radius 3 is 2.72 bits per heavy atom. The molecule has 0 bridgehead atoms. The first-order chi connectivity index (χ1) is 17.1. The predicted octanol–water partition coefficient (Wildman–Crippen LogP) is 1.84. The molecule has 1 aromatic carbocycles. The number of nitrogens with zero attached hydrogens (tertiary/aromatic N) is 4. The summed E-state index contributed by atoms with van der Waals surface area (Å²) in [5.41, 5.74) is 4.04. The van der Waals surface area contributed by atoms with Crippen molar-refractivity contribution < 1.29 is 13.3 Å². The van der Waals surface area contributed by atoms with E-state index in [1.54, 1.807) is 24.0 Å². The Morgan fingerprint density at radius 2 is 2.08 bits per heavy atom. The molecule has 0 amide bonds. The Balaban J connectivity index is 1.72. The molecule has 0 spiro atoms. The summed E-state index contributed by atoms with van der Waals surface area (Å²) in [6.45, 7) is 5.01. The standard InChI is InChI=1S/C24H33N7O4S/c1-15-9-17(5-8-25-15)19-10-18(36(33,34)29-24(2)6-7-24)11-20-21(19)27-23(28-35-4)31(22(20)32)14-16-12-26-30(3)13-16/h10-13,15,17,25,29H,5-9,14H2,1-4H3,(H,27,28)/t15-,17?/m1/s1. The van der Waals surface area contributed by atoms with Gasteiger partial charge in [-0.25, -0.2) is 23.6 Å². The largest absolute Gasteiger partial charge is 0.314 e. The SMILES string of the molecule is CONc1nc2c(C3CCN[C@H](C)C3)cc(S(=O)(=O)NC3(C)CC3)cc2c(=O)n1Cc1cnn(C)c1. The van der Waals surface area contributed by atoms with Gasteiger partial charge in [0.2, 0.25) is 16.0 Å². The zero-order valence-corrected chi connectivity index (χ0v) is 21.9. The second kappa shape index (κ2) is 9.25. The molecule has 5 rings (SSSR count). The molecule has 1 aliphatic heterocycles. The van der Waals surface area contributed by atoms with Gasteiger partial charge >= 0.3 is 0 Å². The highest BCUT2D eigenvalue weighted by molar-refractivity contribution is 7.89. The normalized spacial score (nSPS) is 21.6. The van der Waals surface area contributed by atoms with Crippen molar-refractivity contribution in [1.29, 1.82) is 0 Å². The number of rotatable bonds is 8. The van der Waals surface area contributed by atoms with Crippen molar-refractivity contribution in [1.82, 2.24) is 29.4 Å². The third-order valence-electron chi connectivity index (χ3n) is 7.11. The molecule has 3 heterocycles. The molecule has 1 unspecified atom stereocenters. The Labute approximate surface area is 210 Å². The van der Waals surface area contributed by atoms with Gasteiger partial charge in [-0.05, 0) is 69.7 Å². The molecular formula is C24H33N7O4S. The fraction of sp³-hybridized carbons (Fsp3) is 0.542. The number of benzene rings is 1. The van der Waals surface area contributed by atoms with E-state index in [1.807, 2.05) is 13.1 Å². The zero-order chi connectivity index (χ0) is 25.7. The molecule has 2 aromatic heterocycles. The van der Waals surface area contributed by atoms with E-state index in [4.69, 9.17) is 9.82 Å². The first kappa shape index (κ1) is 24.9. The quantitative estimate of drug-likeness (QED) is 0.387. The van der Waals surface area contributed by atoms with Crippen LogP contribution in [0.3, 0.4) is 0 Å². The summed E-state index contributed by atoms with van der Waals surface area (Å²) in [5.74, 6) is 0.313. The molecule has 12 heteroatoms. The summed E-state index contributed by atoms with van der Waals surface area (Å²) in [6, 6.07) is 3.43. The van der Waals surface area contributed by atoms with E-state index in [9.17, 15) is 13.2 Å². The lowest BCUT2D eigenvalue weighted by Gasteiger charge is -2.29. The van der Waals surface area contributed by atoms with Gasteiger partial charge < -0.3 is 5.32 Å². The van der Waals surface area contributed by atoms with E-state index >= 15 is 0 Å². The fourth-order valence-corrected chi connectivity index (χ4v) is 6.46. The highest BCUT2D eigenvalue weighted by Crippen LogP contribution is 2.38. The average Bonchev–Trinajstić information content (AvgIpc) is 3.39. The number of hydrogen-bond acceptors (Lipinski definition) is 8. The van der Waals surface area contributed by atoms with Gasteiger partial charge in [0.1, 0.15) is 0 Å². The summed E-state index contributed by atoms with van der Waals surface area (Å²) in [7, 11) is -0.562. The number of fused-ring (bicyclic) bond motifs is 1. The molecule has 3 N–H and O–H groups in total. The Kier molecular flexibility index (Phi) is 6.39. The van der Waals surface area contributed by atoms with Crippen LogP contribution in [0.15, 0.2) is 34.2 Å². The van der Waals surface area contributed by atoms with Crippen LogP contribution in [0.2, 0.25) is 0 Å². The van der Waals surface area contributed by atoms with E-state index in [-0.39, 0.29) is 40.3 Å². The number of anilines is 1. The summed E-state index contributed by atoms with van der Waals surface area (Å²) < 4.78 is 32.7. The smallest absolute Gasteiger partial charge is 0.263 e. The lowest BCUT2D eigenvalue weighted by Crippen LogP contribution is -2.36. The topological polar surface area (TPSA) is 132 Å². The first-order valence-electron chi connectivity index (χ1n) is 12.2. The van der Waals surface area contributed by atoms with Crippen LogP contribution in [0, 0.1) is 0 Å². The second-order valence-corrected chi connectivity index (χ2v) is 12.0. The number of piperidine rings is 1. The first-order valence-corrected chi connectivity index (χ1v) is 13.7. The van der Waals surface area contributed by atoms with Crippen LogP contribution in [-0.4, -0.2) is 53.0 Å². The number of aryl methyl sites for hydroxylation is 1. The van der Waals surface area contributed by atoms with Crippen molar-refractivity contribution in [2.75, 3.05) is 19.1 Å². The average molecular weight is 516 g/mol. The predicted molar refractivity (Wildman–Crippen MR) is 136 cm³/mol. The molecule has 1 saturated heterocycles. The van der Waals surface area contributed by atoms with E-state index in [2.05, 4.69) is 27.5 Å². The summed E-state index contributed by atoms with van der Waals surface area (Å²) in [6.07, 6.45) is 6.72. The monoisotopic (exact) mass is 515 g/mol. The van der Waals surface area contributed by atoms with E-state index < -0.39 is 15.6 Å². The highest BCUT2D eigenvalue weighted by Gasteiger charge is 2.41. The van der Waals surface area contributed by atoms with Crippen LogP contribution in [-0.2, 0) is 28.5 Å². The van der Waals surface area contributed by atoms with Crippen molar-refractivity contribution in [2.45, 2.75) is 68.5 Å². The van der Waals surface area contributed by atoms with Crippen LogP contribution < -0.4 is 21.1 Å². The van der Waals surface area contributed by atoms with Gasteiger partial charge in [-0.1, -0.05) is 0 Å².